The average Bonchev–Trinajstić information content (AvgIpc) is 2.37. The molecule has 0 aliphatic carbocycles. The summed E-state index contributed by atoms with van der Waals surface area (Å²) in [5.41, 5.74) is -0.111. The zero-order valence-corrected chi connectivity index (χ0v) is 11.8. The van der Waals surface area contributed by atoms with Crippen molar-refractivity contribution in [1.82, 2.24) is 10.2 Å². The van der Waals surface area contributed by atoms with Crippen molar-refractivity contribution in [2.75, 3.05) is 0 Å². The van der Waals surface area contributed by atoms with E-state index in [9.17, 15) is 9.59 Å². The Hall–Kier alpha value is -1.84. The summed E-state index contributed by atoms with van der Waals surface area (Å²) in [6.07, 6.45) is 0. The van der Waals surface area contributed by atoms with Gasteiger partial charge in [0.2, 0.25) is 5.91 Å². The van der Waals surface area contributed by atoms with Crippen molar-refractivity contribution in [1.29, 1.82) is 0 Å². The molecule has 0 bridgehead atoms. The van der Waals surface area contributed by atoms with Crippen LogP contribution in [0.5, 0.6) is 0 Å². The van der Waals surface area contributed by atoms with Gasteiger partial charge in [-0.1, -0.05) is 30.3 Å². The van der Waals surface area contributed by atoms with E-state index in [1.807, 2.05) is 44.2 Å². The molecule has 102 valence electrons. The Morgan fingerprint density at radius 3 is 2.32 bits per heavy atom. The van der Waals surface area contributed by atoms with Crippen LogP contribution in [-0.2, 0) is 15.1 Å². The molecule has 0 saturated carbocycles. The van der Waals surface area contributed by atoms with Crippen LogP contribution in [0, 0.1) is 0 Å². The van der Waals surface area contributed by atoms with E-state index in [0.717, 1.165) is 5.56 Å². The molecule has 4 nitrogen and oxygen atoms in total. The van der Waals surface area contributed by atoms with Gasteiger partial charge in [-0.25, -0.2) is 0 Å². The maximum atomic E-state index is 12.5. The van der Waals surface area contributed by atoms with Crippen LogP contribution >= 0.6 is 0 Å². The van der Waals surface area contributed by atoms with Crippen LogP contribution in [0.4, 0.5) is 0 Å². The summed E-state index contributed by atoms with van der Waals surface area (Å²) in [6, 6.07) is 8.94. The van der Waals surface area contributed by atoms with Crippen molar-refractivity contribution >= 4 is 11.8 Å². The van der Waals surface area contributed by atoms with Crippen LogP contribution in [0.2, 0.25) is 0 Å². The number of carbonyl (C=O) groups excluding carboxylic acids is 2. The second kappa shape index (κ2) is 4.68. The Balaban J connectivity index is 2.56. The van der Waals surface area contributed by atoms with E-state index in [4.69, 9.17) is 0 Å². The van der Waals surface area contributed by atoms with Gasteiger partial charge in [0.15, 0.2) is 0 Å². The summed E-state index contributed by atoms with van der Waals surface area (Å²) in [5.74, 6) is -0.166. The Bertz CT molecular complexity index is 498. The summed E-state index contributed by atoms with van der Waals surface area (Å²) < 4.78 is 0. The first-order valence-corrected chi connectivity index (χ1v) is 6.58. The Labute approximate surface area is 113 Å². The zero-order valence-electron chi connectivity index (χ0n) is 11.8. The Morgan fingerprint density at radius 1 is 1.21 bits per heavy atom. The second-order valence-corrected chi connectivity index (χ2v) is 5.44. The van der Waals surface area contributed by atoms with Crippen molar-refractivity contribution in [3.05, 3.63) is 35.9 Å². The molecule has 0 radical (unpaired) electrons. The molecule has 2 unspecified atom stereocenters. The lowest BCUT2D eigenvalue weighted by Crippen LogP contribution is -2.68. The lowest BCUT2D eigenvalue weighted by Gasteiger charge is -2.48. The highest BCUT2D eigenvalue weighted by atomic mass is 16.2. The van der Waals surface area contributed by atoms with E-state index in [1.165, 1.54) is 0 Å². The predicted molar refractivity (Wildman–Crippen MR) is 73.4 cm³/mol. The highest BCUT2D eigenvalue weighted by Gasteiger charge is 2.50. The van der Waals surface area contributed by atoms with E-state index < -0.39 is 11.6 Å². The number of piperazine rings is 1. The van der Waals surface area contributed by atoms with Gasteiger partial charge in [-0.15, -0.1) is 0 Å². The highest BCUT2D eigenvalue weighted by Crippen LogP contribution is 2.33. The number of carbonyl (C=O) groups is 2. The molecular formula is C15H20N2O2. The number of nitrogens with zero attached hydrogens (tertiary/aromatic N) is 1. The summed E-state index contributed by atoms with van der Waals surface area (Å²) in [5, 5.41) is 2.77. The van der Waals surface area contributed by atoms with E-state index in [0.29, 0.717) is 0 Å². The number of nitrogens with one attached hydrogen (secondary N) is 1. The number of rotatable bonds is 2. The number of benzene rings is 1. The third-order valence-corrected chi connectivity index (χ3v) is 3.73. The molecule has 1 heterocycles. The van der Waals surface area contributed by atoms with Crippen LogP contribution in [0.25, 0.3) is 0 Å². The third kappa shape index (κ3) is 2.01. The van der Waals surface area contributed by atoms with Gasteiger partial charge in [0.25, 0.3) is 5.91 Å². The summed E-state index contributed by atoms with van der Waals surface area (Å²) in [7, 11) is 0. The lowest BCUT2D eigenvalue weighted by molar-refractivity contribution is -0.159. The SMILES string of the molecule is CC1NC(=O)C(C)(c2ccccc2)N(C(C)C)C1=O. The third-order valence-electron chi connectivity index (χ3n) is 3.73. The topological polar surface area (TPSA) is 49.4 Å². The molecule has 2 atom stereocenters. The predicted octanol–water partition coefficient (Wildman–Crippen LogP) is 1.66. The van der Waals surface area contributed by atoms with Gasteiger partial charge in [-0.3, -0.25) is 9.59 Å². The molecule has 2 amide bonds. The van der Waals surface area contributed by atoms with E-state index >= 15 is 0 Å². The van der Waals surface area contributed by atoms with Crippen LogP contribution < -0.4 is 5.32 Å². The molecule has 1 aliphatic heterocycles. The molecule has 1 aromatic carbocycles. The van der Waals surface area contributed by atoms with Crippen molar-refractivity contribution in [2.24, 2.45) is 0 Å². The Kier molecular flexibility index (Phi) is 3.35. The van der Waals surface area contributed by atoms with Gasteiger partial charge >= 0.3 is 0 Å². The molecule has 0 aromatic heterocycles. The largest absolute Gasteiger partial charge is 0.342 e. The van der Waals surface area contributed by atoms with Crippen molar-refractivity contribution in [2.45, 2.75) is 45.3 Å². The quantitative estimate of drug-likeness (QED) is 0.879. The number of amides is 2. The molecule has 1 aliphatic rings. The summed E-state index contributed by atoms with van der Waals surface area (Å²) >= 11 is 0. The fourth-order valence-corrected chi connectivity index (χ4v) is 2.74. The van der Waals surface area contributed by atoms with Gasteiger partial charge in [0, 0.05) is 6.04 Å². The minimum atomic E-state index is -0.945. The van der Waals surface area contributed by atoms with E-state index in [2.05, 4.69) is 5.32 Å². The Morgan fingerprint density at radius 2 is 1.79 bits per heavy atom. The molecule has 4 heteroatoms. The van der Waals surface area contributed by atoms with Crippen LogP contribution in [0.1, 0.15) is 33.3 Å². The number of hydrogen-bond donors (Lipinski definition) is 1. The van der Waals surface area contributed by atoms with E-state index in [1.54, 1.807) is 18.7 Å². The van der Waals surface area contributed by atoms with Crippen LogP contribution in [0.3, 0.4) is 0 Å². The molecule has 1 fully saturated rings. The summed E-state index contributed by atoms with van der Waals surface area (Å²) in [6.45, 7) is 7.40. The monoisotopic (exact) mass is 260 g/mol. The smallest absolute Gasteiger partial charge is 0.251 e. The van der Waals surface area contributed by atoms with Crippen LogP contribution in [-0.4, -0.2) is 28.8 Å². The first-order valence-electron chi connectivity index (χ1n) is 6.58. The molecule has 1 saturated heterocycles. The summed E-state index contributed by atoms with van der Waals surface area (Å²) in [4.78, 5) is 26.6. The second-order valence-electron chi connectivity index (χ2n) is 5.44. The lowest BCUT2D eigenvalue weighted by atomic mass is 9.85. The normalized spacial score (nSPS) is 27.6. The van der Waals surface area contributed by atoms with Gasteiger partial charge in [-0.2, -0.15) is 0 Å². The van der Waals surface area contributed by atoms with Gasteiger partial charge in [0.1, 0.15) is 11.6 Å². The zero-order chi connectivity index (χ0) is 14.2. The van der Waals surface area contributed by atoms with Gasteiger partial charge in [0.05, 0.1) is 0 Å². The maximum Gasteiger partial charge on any atom is 0.251 e. The minimum Gasteiger partial charge on any atom is -0.342 e. The fraction of sp³-hybridized carbons (Fsp3) is 0.467. The first-order chi connectivity index (χ1) is 8.89. The first kappa shape index (κ1) is 13.6. The van der Waals surface area contributed by atoms with E-state index in [-0.39, 0.29) is 17.9 Å². The molecule has 1 aromatic rings. The average molecular weight is 260 g/mol. The van der Waals surface area contributed by atoms with Crippen molar-refractivity contribution in [3.63, 3.8) is 0 Å². The van der Waals surface area contributed by atoms with Crippen LogP contribution in [0.15, 0.2) is 30.3 Å². The minimum absolute atomic E-state index is 0.0359. The molecule has 0 spiro atoms. The van der Waals surface area contributed by atoms with Gasteiger partial charge < -0.3 is 10.2 Å². The molecule has 2 rings (SSSR count). The maximum absolute atomic E-state index is 12.5. The highest BCUT2D eigenvalue weighted by molar-refractivity contribution is 6.00. The van der Waals surface area contributed by atoms with Crippen molar-refractivity contribution < 1.29 is 9.59 Å². The number of hydrogen-bond acceptors (Lipinski definition) is 2. The fourth-order valence-electron chi connectivity index (χ4n) is 2.74. The van der Waals surface area contributed by atoms with Crippen molar-refractivity contribution in [3.8, 4) is 0 Å². The standard InChI is InChI=1S/C15H20N2O2/c1-10(2)17-13(18)11(3)16-14(19)15(17,4)12-8-6-5-7-9-12/h5-11H,1-4H3,(H,16,19). The van der Waals surface area contributed by atoms with Gasteiger partial charge in [-0.05, 0) is 33.3 Å². The molecular weight excluding hydrogens is 240 g/mol. The molecule has 1 N–H and O–H groups in total. The molecule has 19 heavy (non-hydrogen) atoms.